The van der Waals surface area contributed by atoms with Gasteiger partial charge in [-0.2, -0.15) is 0 Å². The fraction of sp³-hybridized carbons (Fsp3) is 0.444. The van der Waals surface area contributed by atoms with Crippen LogP contribution in [0, 0.1) is 0 Å². The summed E-state index contributed by atoms with van der Waals surface area (Å²) in [6.07, 6.45) is 3.95. The molecular formula is C9H11BrN4O. The number of hydrogen-bond acceptors (Lipinski definition) is 4. The quantitative estimate of drug-likeness (QED) is 0.899. The molecule has 1 unspecified atom stereocenters. The predicted molar refractivity (Wildman–Crippen MR) is 58.3 cm³/mol. The summed E-state index contributed by atoms with van der Waals surface area (Å²) in [5.74, 6) is 0.531. The van der Waals surface area contributed by atoms with Crippen LogP contribution in [-0.4, -0.2) is 24.7 Å². The maximum absolute atomic E-state index is 10.1. The molecule has 0 aliphatic rings. The Balaban J connectivity index is 2.69. The Morgan fingerprint density at radius 1 is 1.53 bits per heavy atom. The summed E-state index contributed by atoms with van der Waals surface area (Å²) < 4.78 is 2.36. The smallest absolute Gasteiger partial charge is 0.194 e. The summed E-state index contributed by atoms with van der Waals surface area (Å²) in [5, 5.41) is 18.1. The maximum Gasteiger partial charge on any atom is 0.194 e. The van der Waals surface area contributed by atoms with E-state index in [2.05, 4.69) is 31.1 Å². The Hall–Kier alpha value is -1.01. The highest BCUT2D eigenvalue weighted by atomic mass is 79.9. The van der Waals surface area contributed by atoms with Gasteiger partial charge in [-0.25, -0.2) is 4.98 Å². The first-order valence-corrected chi connectivity index (χ1v) is 5.43. The summed E-state index contributed by atoms with van der Waals surface area (Å²) in [4.78, 5) is 4.04. The van der Waals surface area contributed by atoms with Crippen LogP contribution in [0.3, 0.4) is 0 Å². The summed E-state index contributed by atoms with van der Waals surface area (Å²) in [5.41, 5.74) is -0.360. The third-order valence-electron chi connectivity index (χ3n) is 2.45. The fourth-order valence-electron chi connectivity index (χ4n) is 1.32. The molecule has 1 atom stereocenters. The van der Waals surface area contributed by atoms with Crippen LogP contribution in [0.25, 0.3) is 5.65 Å². The van der Waals surface area contributed by atoms with Gasteiger partial charge < -0.3 is 5.11 Å². The number of nitrogens with zero attached hydrogens (tertiary/aromatic N) is 4. The lowest BCUT2D eigenvalue weighted by molar-refractivity contribution is 0.0426. The Morgan fingerprint density at radius 3 is 2.93 bits per heavy atom. The van der Waals surface area contributed by atoms with Crippen LogP contribution in [0.4, 0.5) is 0 Å². The third-order valence-corrected chi connectivity index (χ3v) is 3.01. The van der Waals surface area contributed by atoms with Crippen LogP contribution in [0.5, 0.6) is 0 Å². The number of hydrogen-bond donors (Lipinski definition) is 1. The molecule has 0 saturated carbocycles. The van der Waals surface area contributed by atoms with Crippen molar-refractivity contribution in [2.75, 3.05) is 0 Å². The van der Waals surface area contributed by atoms with Crippen LogP contribution >= 0.6 is 15.9 Å². The van der Waals surface area contributed by atoms with E-state index in [1.807, 2.05) is 6.92 Å². The van der Waals surface area contributed by atoms with Gasteiger partial charge >= 0.3 is 0 Å². The van der Waals surface area contributed by atoms with E-state index < -0.39 is 5.60 Å². The number of halogens is 1. The molecule has 15 heavy (non-hydrogen) atoms. The van der Waals surface area contributed by atoms with Crippen molar-refractivity contribution in [2.45, 2.75) is 25.9 Å². The molecule has 2 heterocycles. The fourth-order valence-corrected chi connectivity index (χ4v) is 1.71. The minimum atomic E-state index is -0.972. The zero-order valence-electron chi connectivity index (χ0n) is 8.48. The van der Waals surface area contributed by atoms with Gasteiger partial charge in [-0.1, -0.05) is 6.92 Å². The zero-order valence-corrected chi connectivity index (χ0v) is 10.1. The minimum Gasteiger partial charge on any atom is -0.382 e. The maximum atomic E-state index is 10.1. The minimum absolute atomic E-state index is 0.531. The summed E-state index contributed by atoms with van der Waals surface area (Å²) in [6, 6.07) is 0. The summed E-state index contributed by atoms with van der Waals surface area (Å²) in [7, 11) is 0. The Bertz CT molecular complexity index is 494. The lowest BCUT2D eigenvalue weighted by Crippen LogP contribution is -2.23. The first kappa shape index (κ1) is 10.5. The van der Waals surface area contributed by atoms with E-state index in [4.69, 9.17) is 0 Å². The number of aliphatic hydroxyl groups is 1. The Kier molecular flexibility index (Phi) is 2.47. The molecule has 6 heteroatoms. The molecule has 80 valence electrons. The van der Waals surface area contributed by atoms with Gasteiger partial charge in [0.25, 0.3) is 0 Å². The normalized spacial score (nSPS) is 15.5. The molecule has 0 aliphatic carbocycles. The van der Waals surface area contributed by atoms with Gasteiger partial charge in [0.1, 0.15) is 5.60 Å². The molecular weight excluding hydrogens is 260 g/mol. The van der Waals surface area contributed by atoms with Gasteiger partial charge in [0, 0.05) is 12.4 Å². The molecule has 0 bridgehead atoms. The second-order valence-electron chi connectivity index (χ2n) is 3.56. The van der Waals surface area contributed by atoms with Crippen molar-refractivity contribution in [3.05, 3.63) is 22.8 Å². The monoisotopic (exact) mass is 270 g/mol. The highest BCUT2D eigenvalue weighted by molar-refractivity contribution is 9.10. The first-order valence-electron chi connectivity index (χ1n) is 4.64. The standard InChI is InChI=1S/C9H11BrN4O/c1-3-9(2,15)8-13-12-7-6(10)11-4-5-14(7)8/h4-5,15H,3H2,1-2H3. The van der Waals surface area contributed by atoms with E-state index in [-0.39, 0.29) is 0 Å². The summed E-state index contributed by atoms with van der Waals surface area (Å²) >= 11 is 3.28. The van der Waals surface area contributed by atoms with Crippen LogP contribution in [0.15, 0.2) is 17.0 Å². The van der Waals surface area contributed by atoms with Crippen LogP contribution in [0.2, 0.25) is 0 Å². The second-order valence-corrected chi connectivity index (χ2v) is 4.31. The van der Waals surface area contributed by atoms with Crippen molar-refractivity contribution < 1.29 is 5.11 Å². The van der Waals surface area contributed by atoms with Crippen molar-refractivity contribution in [1.29, 1.82) is 0 Å². The first-order chi connectivity index (χ1) is 7.06. The third kappa shape index (κ3) is 1.63. The number of rotatable bonds is 2. The Morgan fingerprint density at radius 2 is 2.27 bits per heavy atom. The SMILES string of the molecule is CCC(C)(O)c1nnc2c(Br)nccn12. The van der Waals surface area contributed by atoms with Gasteiger partial charge in [0.05, 0.1) is 0 Å². The lowest BCUT2D eigenvalue weighted by Gasteiger charge is -2.18. The molecule has 1 N–H and O–H groups in total. The van der Waals surface area contributed by atoms with Crippen molar-refractivity contribution in [3.63, 3.8) is 0 Å². The van der Waals surface area contributed by atoms with E-state index >= 15 is 0 Å². The molecule has 0 fully saturated rings. The van der Waals surface area contributed by atoms with Gasteiger partial charge in [-0.05, 0) is 29.3 Å². The van der Waals surface area contributed by atoms with Gasteiger partial charge in [0.2, 0.25) is 0 Å². The zero-order chi connectivity index (χ0) is 11.1. The van der Waals surface area contributed by atoms with Crippen molar-refractivity contribution in [2.24, 2.45) is 0 Å². The average molecular weight is 271 g/mol. The van der Waals surface area contributed by atoms with Gasteiger partial charge in [0.15, 0.2) is 16.1 Å². The Labute approximate surface area is 95.3 Å². The molecule has 0 radical (unpaired) electrons. The van der Waals surface area contributed by atoms with E-state index in [9.17, 15) is 5.11 Å². The van der Waals surface area contributed by atoms with E-state index in [0.29, 0.717) is 22.5 Å². The van der Waals surface area contributed by atoms with Gasteiger partial charge in [-0.3, -0.25) is 4.40 Å². The summed E-state index contributed by atoms with van der Waals surface area (Å²) in [6.45, 7) is 3.62. The molecule has 0 saturated heterocycles. The van der Waals surface area contributed by atoms with Crippen molar-refractivity contribution in [1.82, 2.24) is 19.6 Å². The van der Waals surface area contributed by atoms with Crippen LogP contribution in [0.1, 0.15) is 26.1 Å². The van der Waals surface area contributed by atoms with E-state index in [1.54, 1.807) is 23.7 Å². The molecule has 0 aromatic carbocycles. The predicted octanol–water partition coefficient (Wildman–Crippen LogP) is 1.50. The molecule has 0 amide bonds. The largest absolute Gasteiger partial charge is 0.382 e. The van der Waals surface area contributed by atoms with Crippen LogP contribution < -0.4 is 0 Å². The molecule has 2 aromatic rings. The van der Waals surface area contributed by atoms with E-state index in [1.165, 1.54) is 0 Å². The molecule has 5 nitrogen and oxygen atoms in total. The van der Waals surface area contributed by atoms with Crippen molar-refractivity contribution in [3.8, 4) is 0 Å². The van der Waals surface area contributed by atoms with Gasteiger partial charge in [-0.15, -0.1) is 10.2 Å². The molecule has 0 spiro atoms. The molecule has 2 aromatic heterocycles. The van der Waals surface area contributed by atoms with Crippen LogP contribution in [-0.2, 0) is 5.60 Å². The number of fused-ring (bicyclic) bond motifs is 1. The van der Waals surface area contributed by atoms with E-state index in [0.717, 1.165) is 0 Å². The highest BCUT2D eigenvalue weighted by Gasteiger charge is 2.27. The second kappa shape index (κ2) is 3.53. The highest BCUT2D eigenvalue weighted by Crippen LogP contribution is 2.24. The van der Waals surface area contributed by atoms with Crippen molar-refractivity contribution >= 4 is 21.6 Å². The topological polar surface area (TPSA) is 63.3 Å². The molecule has 2 rings (SSSR count). The average Bonchev–Trinajstić information content (AvgIpc) is 2.63. The lowest BCUT2D eigenvalue weighted by atomic mass is 10.0. The molecule has 0 aliphatic heterocycles. The number of aromatic nitrogens is 4.